The summed E-state index contributed by atoms with van der Waals surface area (Å²) in [4.78, 5) is 4.65. The van der Waals surface area contributed by atoms with Gasteiger partial charge in [-0.3, -0.25) is 4.57 Å². The van der Waals surface area contributed by atoms with Crippen molar-refractivity contribution in [1.82, 2.24) is 9.55 Å². The fourth-order valence-electron chi connectivity index (χ4n) is 2.33. The van der Waals surface area contributed by atoms with E-state index in [1.807, 2.05) is 50.2 Å². The van der Waals surface area contributed by atoms with Crippen LogP contribution in [-0.4, -0.2) is 9.55 Å². The molecule has 1 aromatic heterocycles. The zero-order valence-corrected chi connectivity index (χ0v) is 14.7. The molecule has 0 amide bonds. The second-order valence-electron chi connectivity index (χ2n) is 4.99. The lowest BCUT2D eigenvalue weighted by atomic mass is 10.2. The molecule has 0 aliphatic rings. The van der Waals surface area contributed by atoms with Gasteiger partial charge in [0.2, 0.25) is 0 Å². The molecule has 0 saturated heterocycles. The van der Waals surface area contributed by atoms with Crippen LogP contribution in [-0.2, 0) is 0 Å². The van der Waals surface area contributed by atoms with Crippen LogP contribution in [0, 0.1) is 6.92 Å². The summed E-state index contributed by atoms with van der Waals surface area (Å²) >= 11 is 16.1. The summed E-state index contributed by atoms with van der Waals surface area (Å²) in [6, 6.07) is 12.0. The van der Waals surface area contributed by atoms with Gasteiger partial charge >= 0.3 is 0 Å². The Balaban J connectivity index is 2.35. The number of nitrogens with zero attached hydrogens (tertiary/aromatic N) is 2. The third kappa shape index (κ3) is 2.70. The smallest absolute Gasteiger partial charge is 0.132 e. The number of benzene rings is 2. The van der Waals surface area contributed by atoms with E-state index in [0.29, 0.717) is 0 Å². The van der Waals surface area contributed by atoms with Crippen molar-refractivity contribution < 1.29 is 0 Å². The molecule has 5 heteroatoms. The number of imidazole rings is 1. The van der Waals surface area contributed by atoms with E-state index in [4.69, 9.17) is 23.2 Å². The van der Waals surface area contributed by atoms with Crippen molar-refractivity contribution in [3.05, 3.63) is 57.3 Å². The summed E-state index contributed by atoms with van der Waals surface area (Å²) in [5, 5.41) is 0.536. The Morgan fingerprint density at radius 3 is 2.62 bits per heavy atom. The van der Waals surface area contributed by atoms with Crippen LogP contribution in [0.4, 0.5) is 0 Å². The van der Waals surface area contributed by atoms with Gasteiger partial charge in [0.05, 0.1) is 16.4 Å². The van der Waals surface area contributed by atoms with Crippen LogP contribution in [0.1, 0.15) is 23.7 Å². The van der Waals surface area contributed by atoms with Crippen LogP contribution < -0.4 is 0 Å². The summed E-state index contributed by atoms with van der Waals surface area (Å²) in [6.45, 7) is 3.91. The van der Waals surface area contributed by atoms with E-state index in [1.165, 1.54) is 0 Å². The maximum atomic E-state index is 6.31. The molecule has 3 aromatic rings. The lowest BCUT2D eigenvalue weighted by molar-refractivity contribution is 0.882. The second-order valence-corrected chi connectivity index (χ2v) is 6.97. The van der Waals surface area contributed by atoms with Crippen molar-refractivity contribution in [2.24, 2.45) is 0 Å². The van der Waals surface area contributed by atoms with Gasteiger partial charge in [0.25, 0.3) is 0 Å². The van der Waals surface area contributed by atoms with E-state index >= 15 is 0 Å². The van der Waals surface area contributed by atoms with Crippen LogP contribution >= 0.6 is 39.1 Å². The summed E-state index contributed by atoms with van der Waals surface area (Å²) in [7, 11) is 0. The number of hydrogen-bond donors (Lipinski definition) is 0. The minimum Gasteiger partial charge on any atom is -0.295 e. The van der Waals surface area contributed by atoms with Crippen molar-refractivity contribution in [3.63, 3.8) is 0 Å². The number of fused-ring (bicyclic) bond motifs is 1. The summed E-state index contributed by atoms with van der Waals surface area (Å²) < 4.78 is 3.06. The Bertz CT molecular complexity index is 825. The Labute approximate surface area is 141 Å². The molecule has 1 heterocycles. The van der Waals surface area contributed by atoms with E-state index in [-0.39, 0.29) is 5.38 Å². The van der Waals surface area contributed by atoms with Gasteiger partial charge < -0.3 is 0 Å². The molecular weight excluding hydrogens is 371 g/mol. The molecule has 1 atom stereocenters. The largest absolute Gasteiger partial charge is 0.295 e. The summed E-state index contributed by atoms with van der Waals surface area (Å²) in [6.07, 6.45) is 0. The highest BCUT2D eigenvalue weighted by molar-refractivity contribution is 9.10. The molecule has 0 aliphatic heterocycles. The van der Waals surface area contributed by atoms with Gasteiger partial charge in [-0.15, -0.1) is 11.6 Å². The monoisotopic (exact) mass is 382 g/mol. The number of halogens is 3. The summed E-state index contributed by atoms with van der Waals surface area (Å²) in [5.74, 6) is 0.810. The highest BCUT2D eigenvalue weighted by Crippen LogP contribution is 2.31. The van der Waals surface area contributed by atoms with Crippen molar-refractivity contribution in [1.29, 1.82) is 0 Å². The van der Waals surface area contributed by atoms with Gasteiger partial charge in [-0.25, -0.2) is 4.98 Å². The highest BCUT2D eigenvalue weighted by atomic mass is 79.9. The quantitative estimate of drug-likeness (QED) is 0.492. The Morgan fingerprint density at radius 2 is 1.95 bits per heavy atom. The lowest BCUT2D eigenvalue weighted by Gasteiger charge is -2.12. The molecule has 0 N–H and O–H groups in total. The van der Waals surface area contributed by atoms with E-state index in [2.05, 4.69) is 25.5 Å². The molecule has 0 fully saturated rings. The molecule has 0 bridgehead atoms. The number of rotatable bonds is 2. The molecule has 21 heavy (non-hydrogen) atoms. The van der Waals surface area contributed by atoms with Gasteiger partial charge in [0.1, 0.15) is 5.82 Å². The predicted molar refractivity (Wildman–Crippen MR) is 92.8 cm³/mol. The summed E-state index contributed by atoms with van der Waals surface area (Å²) in [5.41, 5.74) is 3.93. The van der Waals surface area contributed by atoms with Crippen LogP contribution in [0.2, 0.25) is 5.02 Å². The molecule has 3 rings (SSSR count). The van der Waals surface area contributed by atoms with Crippen LogP contribution in [0.5, 0.6) is 0 Å². The standard InChI is InChI=1S/C16H13BrCl2N2/c1-9-3-5-12(8-13(9)19)21-15-7-11(17)4-6-14(15)20-16(21)10(2)18/h3-8,10H,1-2H3. The van der Waals surface area contributed by atoms with Gasteiger partial charge in [-0.05, 0) is 49.7 Å². The molecule has 0 saturated carbocycles. The first kappa shape index (κ1) is 14.9. The zero-order chi connectivity index (χ0) is 15.1. The van der Waals surface area contributed by atoms with Gasteiger partial charge in [-0.2, -0.15) is 0 Å². The Kier molecular flexibility index (Phi) is 4.00. The average Bonchev–Trinajstić information content (AvgIpc) is 2.80. The normalized spacial score (nSPS) is 12.8. The third-order valence-electron chi connectivity index (χ3n) is 3.41. The van der Waals surface area contributed by atoms with Crippen molar-refractivity contribution in [2.45, 2.75) is 19.2 Å². The second kappa shape index (κ2) is 5.64. The van der Waals surface area contributed by atoms with Gasteiger partial charge in [-0.1, -0.05) is 33.6 Å². The highest BCUT2D eigenvalue weighted by Gasteiger charge is 2.17. The molecule has 0 aliphatic carbocycles. The minimum absolute atomic E-state index is 0.198. The fourth-order valence-corrected chi connectivity index (χ4v) is 3.00. The molecule has 2 nitrogen and oxygen atoms in total. The molecule has 2 aromatic carbocycles. The molecule has 108 valence electrons. The van der Waals surface area contributed by atoms with E-state index in [9.17, 15) is 0 Å². The van der Waals surface area contributed by atoms with Crippen LogP contribution in [0.3, 0.4) is 0 Å². The number of alkyl halides is 1. The van der Waals surface area contributed by atoms with Crippen molar-refractivity contribution in [2.75, 3.05) is 0 Å². The minimum atomic E-state index is -0.198. The maximum Gasteiger partial charge on any atom is 0.132 e. The Morgan fingerprint density at radius 1 is 1.19 bits per heavy atom. The number of hydrogen-bond acceptors (Lipinski definition) is 1. The molecule has 1 unspecified atom stereocenters. The first-order chi connectivity index (χ1) is 9.97. The number of aryl methyl sites for hydroxylation is 1. The fraction of sp³-hybridized carbons (Fsp3) is 0.188. The van der Waals surface area contributed by atoms with Crippen LogP contribution in [0.25, 0.3) is 16.7 Å². The zero-order valence-electron chi connectivity index (χ0n) is 11.6. The number of aromatic nitrogens is 2. The van der Waals surface area contributed by atoms with Crippen LogP contribution in [0.15, 0.2) is 40.9 Å². The third-order valence-corrected chi connectivity index (χ3v) is 4.51. The van der Waals surface area contributed by atoms with E-state index in [1.54, 1.807) is 0 Å². The van der Waals surface area contributed by atoms with Gasteiger partial charge in [0.15, 0.2) is 0 Å². The first-order valence-electron chi connectivity index (χ1n) is 6.56. The first-order valence-corrected chi connectivity index (χ1v) is 8.16. The lowest BCUT2D eigenvalue weighted by Crippen LogP contribution is -2.02. The molecule has 0 radical (unpaired) electrons. The van der Waals surface area contributed by atoms with Gasteiger partial charge in [0, 0.05) is 15.2 Å². The topological polar surface area (TPSA) is 17.8 Å². The predicted octanol–water partition coefficient (Wildman–Crippen LogP) is 6.05. The van der Waals surface area contributed by atoms with E-state index < -0.39 is 0 Å². The van der Waals surface area contributed by atoms with E-state index in [0.717, 1.165) is 37.6 Å². The average molecular weight is 384 g/mol. The van der Waals surface area contributed by atoms with Crippen molar-refractivity contribution in [3.8, 4) is 5.69 Å². The molecule has 0 spiro atoms. The Hall–Kier alpha value is -1.03. The SMILES string of the molecule is Cc1ccc(-n2c(C(C)Cl)nc3ccc(Br)cc32)cc1Cl. The maximum absolute atomic E-state index is 6.31. The molecular formula is C16H13BrCl2N2. The van der Waals surface area contributed by atoms with Crippen molar-refractivity contribution >= 4 is 50.2 Å².